The van der Waals surface area contributed by atoms with Gasteiger partial charge in [-0.2, -0.15) is 0 Å². The van der Waals surface area contributed by atoms with Gasteiger partial charge in [-0.25, -0.2) is 9.59 Å². The topological polar surface area (TPSA) is 70.2 Å². The van der Waals surface area contributed by atoms with Crippen LogP contribution in [0.3, 0.4) is 0 Å². The van der Waals surface area contributed by atoms with Crippen molar-refractivity contribution in [3.05, 3.63) is 0 Å². The first-order valence-corrected chi connectivity index (χ1v) is 9.25. The summed E-state index contributed by atoms with van der Waals surface area (Å²) in [6.07, 6.45) is 4.30. The number of piperidine rings is 1. The lowest BCUT2D eigenvalue weighted by molar-refractivity contribution is -0.108. The van der Waals surface area contributed by atoms with Crippen molar-refractivity contribution in [3.8, 4) is 0 Å². The number of hydrogen-bond donors (Lipinski definition) is 0. The molecule has 0 aromatic rings. The van der Waals surface area contributed by atoms with Crippen LogP contribution >= 0.6 is 0 Å². The lowest BCUT2D eigenvalue weighted by atomic mass is 9.93. The fourth-order valence-corrected chi connectivity index (χ4v) is 3.38. The Hall–Kier alpha value is -1.79. The number of nitrogens with zero attached hydrogens (tertiary/aromatic N) is 3. The molecule has 0 bridgehead atoms. The Morgan fingerprint density at radius 1 is 1.16 bits per heavy atom. The van der Waals surface area contributed by atoms with E-state index < -0.39 is 5.60 Å². The van der Waals surface area contributed by atoms with Gasteiger partial charge in [0, 0.05) is 32.7 Å². The van der Waals surface area contributed by atoms with Crippen LogP contribution in [0.2, 0.25) is 0 Å². The second-order valence-electron chi connectivity index (χ2n) is 7.94. The van der Waals surface area contributed by atoms with Crippen molar-refractivity contribution in [1.82, 2.24) is 14.7 Å². The van der Waals surface area contributed by atoms with Crippen LogP contribution in [0.5, 0.6) is 0 Å². The molecule has 0 spiro atoms. The summed E-state index contributed by atoms with van der Waals surface area (Å²) < 4.78 is 5.42. The van der Waals surface area contributed by atoms with Crippen molar-refractivity contribution in [2.75, 3.05) is 39.3 Å². The summed E-state index contributed by atoms with van der Waals surface area (Å²) in [6.45, 7) is 9.40. The van der Waals surface area contributed by atoms with Crippen molar-refractivity contribution in [3.63, 3.8) is 0 Å². The van der Waals surface area contributed by atoms with Gasteiger partial charge >= 0.3 is 12.1 Å². The molecule has 2 fully saturated rings. The maximum absolute atomic E-state index is 12.3. The van der Waals surface area contributed by atoms with Gasteiger partial charge in [-0.05, 0) is 52.4 Å². The van der Waals surface area contributed by atoms with Crippen LogP contribution in [0.1, 0.15) is 46.5 Å². The Morgan fingerprint density at radius 3 is 2.40 bits per heavy atom. The molecule has 0 radical (unpaired) electrons. The predicted octanol–water partition coefficient (Wildman–Crippen LogP) is 2.35. The Morgan fingerprint density at radius 2 is 1.80 bits per heavy atom. The zero-order valence-corrected chi connectivity index (χ0v) is 15.7. The summed E-state index contributed by atoms with van der Waals surface area (Å²) in [6, 6.07) is -0.0236. The molecule has 0 saturated carbocycles. The number of hydrogen-bond acceptors (Lipinski definition) is 4. The summed E-state index contributed by atoms with van der Waals surface area (Å²) in [5.41, 5.74) is -0.462. The summed E-state index contributed by atoms with van der Waals surface area (Å²) in [7, 11) is 0. The Labute approximate surface area is 150 Å². The molecule has 2 rings (SSSR count). The average Bonchev–Trinajstić information content (AvgIpc) is 2.55. The third-order valence-electron chi connectivity index (χ3n) is 4.77. The number of aldehydes is 1. The van der Waals surface area contributed by atoms with Crippen LogP contribution < -0.4 is 0 Å². The van der Waals surface area contributed by atoms with Crippen molar-refractivity contribution in [1.29, 1.82) is 0 Å². The second-order valence-corrected chi connectivity index (χ2v) is 7.94. The average molecular weight is 353 g/mol. The molecule has 0 aromatic heterocycles. The van der Waals surface area contributed by atoms with Crippen molar-refractivity contribution in [2.24, 2.45) is 5.92 Å². The molecular formula is C18H31N3O4. The van der Waals surface area contributed by atoms with Crippen LogP contribution in [-0.4, -0.2) is 78.0 Å². The number of carbonyl (C=O) groups is 3. The highest BCUT2D eigenvalue weighted by atomic mass is 16.6. The minimum absolute atomic E-state index is 0.0236. The van der Waals surface area contributed by atoms with Gasteiger partial charge in [0.2, 0.25) is 0 Å². The fraction of sp³-hybridized carbons (Fsp3) is 0.833. The molecule has 142 valence electrons. The molecule has 25 heavy (non-hydrogen) atoms. The standard InChI is InChI=1S/C18H31N3O4/c1-18(2,3)25-17(24)21-11-6-15(7-12-21)5-10-19-8-4-9-20(13-14-22)16(19)23/h14-15H,4-13H2,1-3H3. The highest BCUT2D eigenvalue weighted by Gasteiger charge is 2.29. The summed E-state index contributed by atoms with van der Waals surface area (Å²) in [5.74, 6) is 0.521. The van der Waals surface area contributed by atoms with Gasteiger partial charge in [0.15, 0.2) is 0 Å². The van der Waals surface area contributed by atoms with Crippen LogP contribution in [-0.2, 0) is 9.53 Å². The predicted molar refractivity (Wildman–Crippen MR) is 94.4 cm³/mol. The van der Waals surface area contributed by atoms with E-state index in [9.17, 15) is 14.4 Å². The molecule has 2 saturated heterocycles. The molecule has 3 amide bonds. The van der Waals surface area contributed by atoms with Crippen LogP contribution in [0, 0.1) is 5.92 Å². The maximum atomic E-state index is 12.3. The third-order valence-corrected chi connectivity index (χ3v) is 4.77. The van der Waals surface area contributed by atoms with E-state index in [0.717, 1.165) is 45.1 Å². The second kappa shape index (κ2) is 8.54. The number of amides is 3. The van der Waals surface area contributed by atoms with Crippen LogP contribution in [0.25, 0.3) is 0 Å². The van der Waals surface area contributed by atoms with E-state index in [0.29, 0.717) is 25.6 Å². The van der Waals surface area contributed by atoms with Gasteiger partial charge in [-0.3, -0.25) is 0 Å². The molecule has 0 unspecified atom stereocenters. The van der Waals surface area contributed by atoms with Gasteiger partial charge in [0.05, 0.1) is 6.54 Å². The zero-order chi connectivity index (χ0) is 18.4. The van der Waals surface area contributed by atoms with Crippen molar-refractivity contribution < 1.29 is 19.1 Å². The lowest BCUT2D eigenvalue weighted by Gasteiger charge is -2.37. The molecule has 7 heteroatoms. The minimum Gasteiger partial charge on any atom is -0.444 e. The number of urea groups is 1. The van der Waals surface area contributed by atoms with Crippen LogP contribution in [0.4, 0.5) is 9.59 Å². The van der Waals surface area contributed by atoms with E-state index in [1.165, 1.54) is 0 Å². The molecule has 7 nitrogen and oxygen atoms in total. The van der Waals surface area contributed by atoms with Gasteiger partial charge < -0.3 is 24.2 Å². The van der Waals surface area contributed by atoms with Crippen molar-refractivity contribution in [2.45, 2.75) is 52.1 Å². The van der Waals surface area contributed by atoms with E-state index in [1.54, 1.807) is 9.80 Å². The van der Waals surface area contributed by atoms with E-state index in [2.05, 4.69) is 0 Å². The number of rotatable bonds is 5. The summed E-state index contributed by atoms with van der Waals surface area (Å²) >= 11 is 0. The van der Waals surface area contributed by atoms with Gasteiger partial charge in [0.25, 0.3) is 0 Å². The quantitative estimate of drug-likeness (QED) is 0.712. The molecule has 0 aromatic carbocycles. The van der Waals surface area contributed by atoms with E-state index in [4.69, 9.17) is 4.74 Å². The number of ether oxygens (including phenoxy) is 1. The highest BCUT2D eigenvalue weighted by molar-refractivity contribution is 5.77. The van der Waals surface area contributed by atoms with Crippen LogP contribution in [0.15, 0.2) is 0 Å². The molecule has 0 atom stereocenters. The molecule has 2 aliphatic heterocycles. The Balaban J connectivity index is 1.72. The molecule has 0 N–H and O–H groups in total. The molecule has 0 aliphatic carbocycles. The monoisotopic (exact) mass is 353 g/mol. The lowest BCUT2D eigenvalue weighted by Crippen LogP contribution is -2.50. The Kier molecular flexibility index (Phi) is 6.67. The molecule has 2 heterocycles. The SMILES string of the molecule is CC(C)(C)OC(=O)N1CCC(CCN2CCCN(CC=O)C2=O)CC1. The maximum Gasteiger partial charge on any atom is 0.410 e. The third kappa shape index (κ3) is 5.90. The smallest absolute Gasteiger partial charge is 0.410 e. The number of carbonyl (C=O) groups excluding carboxylic acids is 3. The van der Waals surface area contributed by atoms with E-state index >= 15 is 0 Å². The van der Waals surface area contributed by atoms with Gasteiger partial charge in [-0.1, -0.05) is 0 Å². The summed E-state index contributed by atoms with van der Waals surface area (Å²) in [4.78, 5) is 40.3. The minimum atomic E-state index is -0.462. The van der Waals surface area contributed by atoms with Gasteiger partial charge in [-0.15, -0.1) is 0 Å². The zero-order valence-electron chi connectivity index (χ0n) is 15.7. The fourth-order valence-electron chi connectivity index (χ4n) is 3.38. The summed E-state index contributed by atoms with van der Waals surface area (Å²) in [5, 5.41) is 0. The molecular weight excluding hydrogens is 322 g/mol. The van der Waals surface area contributed by atoms with Gasteiger partial charge in [0.1, 0.15) is 11.9 Å². The molecule has 2 aliphatic rings. The first-order valence-electron chi connectivity index (χ1n) is 9.25. The largest absolute Gasteiger partial charge is 0.444 e. The Bertz CT molecular complexity index is 481. The number of likely N-dealkylation sites (tertiary alicyclic amines) is 1. The normalized spacial score (nSPS) is 20.0. The van der Waals surface area contributed by atoms with E-state index in [-0.39, 0.29) is 18.7 Å². The van der Waals surface area contributed by atoms with E-state index in [1.807, 2.05) is 25.7 Å². The highest BCUT2D eigenvalue weighted by Crippen LogP contribution is 2.23. The first kappa shape index (κ1) is 19.5. The first-order chi connectivity index (χ1) is 11.8. The van der Waals surface area contributed by atoms with Crippen molar-refractivity contribution >= 4 is 18.4 Å².